The third-order valence-corrected chi connectivity index (χ3v) is 3.43. The van der Waals surface area contributed by atoms with Crippen molar-refractivity contribution in [3.05, 3.63) is 12.2 Å². The van der Waals surface area contributed by atoms with Crippen molar-refractivity contribution in [1.82, 2.24) is 10.6 Å². The van der Waals surface area contributed by atoms with E-state index in [4.69, 9.17) is 0 Å². The van der Waals surface area contributed by atoms with Crippen LogP contribution in [0.15, 0.2) is 12.2 Å². The molecule has 1 aliphatic carbocycles. The zero-order valence-electron chi connectivity index (χ0n) is 9.38. The Morgan fingerprint density at radius 2 is 2.40 bits per heavy atom. The van der Waals surface area contributed by atoms with Crippen LogP contribution in [0.5, 0.6) is 0 Å². The van der Waals surface area contributed by atoms with Crippen LogP contribution in [-0.4, -0.2) is 24.5 Å². The molecule has 3 heteroatoms. The van der Waals surface area contributed by atoms with E-state index in [0.717, 1.165) is 38.8 Å². The van der Waals surface area contributed by atoms with Gasteiger partial charge in [0.1, 0.15) is 0 Å². The lowest BCUT2D eigenvalue weighted by Gasteiger charge is -2.28. The molecule has 0 saturated carbocycles. The minimum absolute atomic E-state index is 0.0156. The molecule has 2 N–H and O–H groups in total. The number of carbonyl (C=O) groups is 1. The smallest absolute Gasteiger partial charge is 0.223 e. The Hall–Kier alpha value is -0.830. The largest absolute Gasteiger partial charge is 0.349 e. The molecule has 1 fully saturated rings. The van der Waals surface area contributed by atoms with Crippen molar-refractivity contribution < 1.29 is 4.79 Å². The molecule has 15 heavy (non-hydrogen) atoms. The van der Waals surface area contributed by atoms with Crippen LogP contribution in [-0.2, 0) is 4.79 Å². The van der Waals surface area contributed by atoms with Crippen LogP contribution in [0, 0.1) is 5.92 Å². The predicted octanol–water partition coefficient (Wildman–Crippen LogP) is 1.21. The normalized spacial score (nSPS) is 35.4. The van der Waals surface area contributed by atoms with E-state index in [1.807, 2.05) is 0 Å². The van der Waals surface area contributed by atoms with Gasteiger partial charge in [-0.2, -0.15) is 0 Å². The molecule has 0 aromatic heterocycles. The van der Waals surface area contributed by atoms with Crippen LogP contribution < -0.4 is 10.6 Å². The first-order chi connectivity index (χ1) is 7.20. The molecule has 0 bridgehead atoms. The molecule has 0 aromatic rings. The fraction of sp³-hybridized carbons (Fsp3) is 0.750. The number of rotatable bonds is 2. The number of hydrogen-bond acceptors (Lipinski definition) is 2. The monoisotopic (exact) mass is 208 g/mol. The molecule has 3 nitrogen and oxygen atoms in total. The first-order valence-electron chi connectivity index (χ1n) is 5.87. The number of hydrogen-bond donors (Lipinski definition) is 2. The fourth-order valence-corrected chi connectivity index (χ4v) is 2.35. The molecular weight excluding hydrogens is 188 g/mol. The third kappa shape index (κ3) is 2.59. The van der Waals surface area contributed by atoms with Gasteiger partial charge in [0.05, 0.1) is 5.54 Å². The Morgan fingerprint density at radius 1 is 1.53 bits per heavy atom. The second kappa shape index (κ2) is 4.35. The Balaban J connectivity index is 1.88. The van der Waals surface area contributed by atoms with Crippen LogP contribution in [0.2, 0.25) is 0 Å². The fourth-order valence-electron chi connectivity index (χ4n) is 2.35. The lowest BCUT2D eigenvalue weighted by atomic mass is 9.92. The van der Waals surface area contributed by atoms with Crippen molar-refractivity contribution >= 4 is 5.91 Å². The van der Waals surface area contributed by atoms with Crippen molar-refractivity contribution in [3.8, 4) is 0 Å². The highest BCUT2D eigenvalue weighted by Crippen LogP contribution is 2.21. The Bertz CT molecular complexity index is 267. The lowest BCUT2D eigenvalue weighted by Crippen LogP contribution is -2.49. The minimum Gasteiger partial charge on any atom is -0.349 e. The van der Waals surface area contributed by atoms with Crippen molar-refractivity contribution in [3.63, 3.8) is 0 Å². The van der Waals surface area contributed by atoms with Crippen molar-refractivity contribution in [2.45, 2.75) is 38.1 Å². The summed E-state index contributed by atoms with van der Waals surface area (Å²) in [7, 11) is 0. The summed E-state index contributed by atoms with van der Waals surface area (Å²) in [6.07, 6.45) is 8.31. The van der Waals surface area contributed by atoms with Crippen LogP contribution in [0.1, 0.15) is 32.6 Å². The quantitative estimate of drug-likeness (QED) is 0.670. The molecule has 0 radical (unpaired) electrons. The van der Waals surface area contributed by atoms with Gasteiger partial charge in [-0.25, -0.2) is 0 Å². The van der Waals surface area contributed by atoms with Gasteiger partial charge in [0.2, 0.25) is 5.91 Å². The Kier molecular flexibility index (Phi) is 3.10. The highest BCUT2D eigenvalue weighted by molar-refractivity contribution is 5.79. The number of nitrogens with one attached hydrogen (secondary N) is 2. The maximum absolute atomic E-state index is 12.0. The van der Waals surface area contributed by atoms with Gasteiger partial charge in [-0.3, -0.25) is 4.79 Å². The minimum atomic E-state index is -0.0156. The molecule has 0 aromatic carbocycles. The highest BCUT2D eigenvalue weighted by atomic mass is 16.2. The topological polar surface area (TPSA) is 41.1 Å². The Labute approximate surface area is 91.3 Å². The lowest BCUT2D eigenvalue weighted by molar-refractivity contribution is -0.126. The van der Waals surface area contributed by atoms with E-state index in [0.29, 0.717) is 0 Å². The van der Waals surface area contributed by atoms with Crippen LogP contribution in [0.25, 0.3) is 0 Å². The summed E-state index contributed by atoms with van der Waals surface area (Å²) in [6, 6.07) is 0. The Morgan fingerprint density at radius 3 is 3.00 bits per heavy atom. The highest BCUT2D eigenvalue weighted by Gasteiger charge is 2.32. The molecule has 84 valence electrons. The summed E-state index contributed by atoms with van der Waals surface area (Å²) in [4.78, 5) is 12.0. The molecule has 2 unspecified atom stereocenters. The summed E-state index contributed by atoms with van der Waals surface area (Å²) < 4.78 is 0. The molecule has 1 amide bonds. The maximum Gasteiger partial charge on any atom is 0.223 e. The van der Waals surface area contributed by atoms with Gasteiger partial charge in [0.15, 0.2) is 0 Å². The average molecular weight is 208 g/mol. The zero-order chi connectivity index (χ0) is 10.7. The van der Waals surface area contributed by atoms with Gasteiger partial charge in [-0.05, 0) is 39.2 Å². The van der Waals surface area contributed by atoms with Crippen molar-refractivity contribution in [1.29, 1.82) is 0 Å². The third-order valence-electron chi connectivity index (χ3n) is 3.43. The van der Waals surface area contributed by atoms with Crippen LogP contribution >= 0.6 is 0 Å². The van der Waals surface area contributed by atoms with E-state index in [9.17, 15) is 4.79 Å². The molecule has 2 atom stereocenters. The van der Waals surface area contributed by atoms with E-state index in [2.05, 4.69) is 29.7 Å². The summed E-state index contributed by atoms with van der Waals surface area (Å²) in [6.45, 7) is 4.05. The van der Waals surface area contributed by atoms with E-state index >= 15 is 0 Å². The SMILES string of the molecule is CC1(NC(=O)C2CC=CCC2)CCNC1. The summed E-state index contributed by atoms with van der Waals surface area (Å²) in [5, 5.41) is 6.48. The van der Waals surface area contributed by atoms with Crippen LogP contribution in [0.3, 0.4) is 0 Å². The van der Waals surface area contributed by atoms with E-state index in [-0.39, 0.29) is 17.4 Å². The van der Waals surface area contributed by atoms with Gasteiger partial charge in [-0.15, -0.1) is 0 Å². The van der Waals surface area contributed by atoms with Crippen LogP contribution in [0.4, 0.5) is 0 Å². The molecule has 1 heterocycles. The molecular formula is C12H20N2O. The summed E-state index contributed by atoms with van der Waals surface area (Å²) in [5.74, 6) is 0.443. The maximum atomic E-state index is 12.0. The predicted molar refractivity (Wildman–Crippen MR) is 60.5 cm³/mol. The van der Waals surface area contributed by atoms with E-state index in [1.165, 1.54) is 0 Å². The van der Waals surface area contributed by atoms with Crippen molar-refractivity contribution in [2.24, 2.45) is 5.92 Å². The summed E-state index contributed by atoms with van der Waals surface area (Å²) in [5.41, 5.74) is -0.0156. The number of carbonyl (C=O) groups excluding carboxylic acids is 1. The second-order valence-electron chi connectivity index (χ2n) is 4.96. The first-order valence-corrected chi connectivity index (χ1v) is 5.87. The molecule has 2 rings (SSSR count). The van der Waals surface area contributed by atoms with Gasteiger partial charge >= 0.3 is 0 Å². The standard InChI is InChI=1S/C12H20N2O/c1-12(7-8-13-9-12)14-11(15)10-5-3-2-4-6-10/h2-3,10,13H,4-9H2,1H3,(H,14,15). The molecule has 1 saturated heterocycles. The molecule has 2 aliphatic rings. The molecule has 0 spiro atoms. The van der Waals surface area contributed by atoms with Gasteiger partial charge in [0, 0.05) is 12.5 Å². The molecule has 1 aliphatic heterocycles. The van der Waals surface area contributed by atoms with Crippen molar-refractivity contribution in [2.75, 3.05) is 13.1 Å². The number of amides is 1. The van der Waals surface area contributed by atoms with E-state index < -0.39 is 0 Å². The zero-order valence-corrected chi connectivity index (χ0v) is 9.38. The average Bonchev–Trinajstić information content (AvgIpc) is 2.66. The van der Waals surface area contributed by atoms with Gasteiger partial charge in [0.25, 0.3) is 0 Å². The second-order valence-corrected chi connectivity index (χ2v) is 4.96. The van der Waals surface area contributed by atoms with Gasteiger partial charge < -0.3 is 10.6 Å². The first kappa shape index (κ1) is 10.7. The number of allylic oxidation sites excluding steroid dienone is 2. The van der Waals surface area contributed by atoms with Gasteiger partial charge in [-0.1, -0.05) is 12.2 Å². The van der Waals surface area contributed by atoms with E-state index in [1.54, 1.807) is 0 Å². The summed E-state index contributed by atoms with van der Waals surface area (Å²) >= 11 is 0.